The monoisotopic (exact) mass is 628 g/mol. The molecule has 0 radical (unpaired) electrons. The molecule has 3 heteroatoms. The fourth-order valence-electron chi connectivity index (χ4n) is 6.32. The Morgan fingerprint density at radius 3 is 1.31 bits per heavy atom. The van der Waals surface area contributed by atoms with Gasteiger partial charge in [-0.15, -0.1) is 0 Å². The maximum atomic E-state index is 11.5. The van der Waals surface area contributed by atoms with Crippen LogP contribution in [0, 0.1) is 0 Å². The zero-order valence-electron chi connectivity index (χ0n) is 30.5. The summed E-state index contributed by atoms with van der Waals surface area (Å²) in [4.78, 5) is 2.33. The Hall–Kier alpha value is -1.16. The van der Waals surface area contributed by atoms with Crippen LogP contribution in [0.5, 0.6) is 0 Å². The number of likely N-dealkylation sites (tertiary alicyclic amines) is 1. The van der Waals surface area contributed by atoms with E-state index in [0.717, 1.165) is 58.0 Å². The Morgan fingerprint density at radius 1 is 0.556 bits per heavy atom. The van der Waals surface area contributed by atoms with Crippen molar-refractivity contribution < 1.29 is 9.84 Å². The minimum Gasteiger partial charge on any atom is -0.365 e. The molecular weight excluding hydrogens is 550 g/mol. The van der Waals surface area contributed by atoms with Gasteiger partial charge in [0.1, 0.15) is 0 Å². The summed E-state index contributed by atoms with van der Waals surface area (Å²) >= 11 is 0. The van der Waals surface area contributed by atoms with E-state index in [9.17, 15) is 5.11 Å². The predicted molar refractivity (Wildman–Crippen MR) is 200 cm³/mol. The van der Waals surface area contributed by atoms with Crippen molar-refractivity contribution in [1.82, 2.24) is 4.90 Å². The molecule has 1 saturated heterocycles. The summed E-state index contributed by atoms with van der Waals surface area (Å²) in [6.07, 6.45) is 51.5. The molecule has 0 bridgehead atoms. The average Bonchev–Trinajstić information content (AvgIpc) is 3.44. The summed E-state index contributed by atoms with van der Waals surface area (Å²) < 4.78 is 6.41. The lowest BCUT2D eigenvalue weighted by atomic mass is 9.98. The first-order valence-corrected chi connectivity index (χ1v) is 19.8. The Bertz CT molecular complexity index is 691. The lowest BCUT2D eigenvalue weighted by Gasteiger charge is -2.32. The predicted octanol–water partition coefficient (Wildman–Crippen LogP) is 12.8. The second kappa shape index (κ2) is 31.4. The van der Waals surface area contributed by atoms with Crippen LogP contribution >= 0.6 is 0 Å². The van der Waals surface area contributed by atoms with Crippen LogP contribution in [0.4, 0.5) is 0 Å². The second-order valence-corrected chi connectivity index (χ2v) is 13.9. The van der Waals surface area contributed by atoms with E-state index in [4.69, 9.17) is 4.74 Å². The van der Waals surface area contributed by atoms with Gasteiger partial charge in [0.15, 0.2) is 5.79 Å². The lowest BCUT2D eigenvalue weighted by Crippen LogP contribution is -2.37. The van der Waals surface area contributed by atoms with Crippen LogP contribution in [0.15, 0.2) is 48.6 Å². The van der Waals surface area contributed by atoms with E-state index in [1.807, 2.05) is 0 Å². The van der Waals surface area contributed by atoms with Crippen molar-refractivity contribution in [3.05, 3.63) is 48.6 Å². The molecule has 1 aliphatic heterocycles. The van der Waals surface area contributed by atoms with Gasteiger partial charge < -0.3 is 14.7 Å². The number of rotatable bonds is 32. The number of allylic oxidation sites excluding steroid dienone is 8. The fourth-order valence-corrected chi connectivity index (χ4v) is 6.32. The van der Waals surface area contributed by atoms with Gasteiger partial charge in [-0.1, -0.05) is 140 Å². The van der Waals surface area contributed by atoms with Crippen LogP contribution in [-0.2, 0) is 4.74 Å². The van der Waals surface area contributed by atoms with Crippen LogP contribution in [0.1, 0.15) is 187 Å². The number of nitrogens with zero attached hydrogens (tertiary/aromatic N) is 1. The van der Waals surface area contributed by atoms with E-state index in [0.29, 0.717) is 0 Å². The molecule has 1 atom stereocenters. The number of likely N-dealkylation sites (N-methyl/N-ethyl adjacent to an activating group) is 1. The normalized spacial score (nSPS) is 17.6. The first kappa shape index (κ1) is 41.9. The topological polar surface area (TPSA) is 32.7 Å². The molecular formula is C42H77NO2. The molecule has 1 rings (SSSR count). The number of aliphatic hydroxyl groups is 1. The molecule has 0 amide bonds. The van der Waals surface area contributed by atoms with E-state index in [1.165, 1.54) is 128 Å². The van der Waals surface area contributed by atoms with Crippen molar-refractivity contribution >= 4 is 0 Å². The average molecular weight is 628 g/mol. The molecule has 0 aromatic heterocycles. The molecule has 3 nitrogen and oxygen atoms in total. The van der Waals surface area contributed by atoms with Gasteiger partial charge in [-0.2, -0.15) is 0 Å². The summed E-state index contributed by atoms with van der Waals surface area (Å²) in [6.45, 7) is 6.56. The number of hydrogen-bond acceptors (Lipinski definition) is 3. The van der Waals surface area contributed by atoms with Crippen LogP contribution in [0.2, 0.25) is 0 Å². The van der Waals surface area contributed by atoms with Gasteiger partial charge >= 0.3 is 0 Å². The summed E-state index contributed by atoms with van der Waals surface area (Å²) in [5.74, 6) is -0.930. The van der Waals surface area contributed by atoms with Crippen molar-refractivity contribution in [2.75, 3.05) is 20.1 Å². The van der Waals surface area contributed by atoms with E-state index >= 15 is 0 Å². The highest BCUT2D eigenvalue weighted by Gasteiger charge is 2.33. The summed E-state index contributed by atoms with van der Waals surface area (Å²) in [6, 6.07) is 0. The van der Waals surface area contributed by atoms with Crippen molar-refractivity contribution in [3.63, 3.8) is 0 Å². The Kier molecular flexibility index (Phi) is 29.2. The highest BCUT2D eigenvalue weighted by atomic mass is 16.6. The van der Waals surface area contributed by atoms with Crippen molar-refractivity contribution in [2.24, 2.45) is 0 Å². The summed E-state index contributed by atoms with van der Waals surface area (Å²) in [5.41, 5.74) is 0. The zero-order valence-corrected chi connectivity index (χ0v) is 30.5. The minimum atomic E-state index is -0.930. The largest absolute Gasteiger partial charge is 0.365 e. The Labute approximate surface area is 282 Å². The number of ether oxygens (including phenoxy) is 1. The van der Waals surface area contributed by atoms with Crippen LogP contribution in [0.3, 0.4) is 0 Å². The van der Waals surface area contributed by atoms with Gasteiger partial charge in [-0.25, -0.2) is 0 Å². The summed E-state index contributed by atoms with van der Waals surface area (Å²) in [5, 5.41) is 11.5. The fraction of sp³-hybridized carbons (Fsp3) is 0.810. The highest BCUT2D eigenvalue weighted by molar-refractivity contribution is 4.93. The third-order valence-corrected chi connectivity index (χ3v) is 9.27. The SMILES string of the molecule is CCCCCC=CCC=CCCCCCCCCC(O)(CCCCCCCCC=CCC=CCCCCC)OC1CCN(C)C1. The van der Waals surface area contributed by atoms with E-state index < -0.39 is 5.79 Å². The Balaban J connectivity index is 2.12. The molecule has 0 aromatic carbocycles. The van der Waals surface area contributed by atoms with Gasteiger partial charge in [-0.05, 0) is 90.5 Å². The van der Waals surface area contributed by atoms with Gasteiger partial charge in [0.2, 0.25) is 0 Å². The maximum Gasteiger partial charge on any atom is 0.165 e. The van der Waals surface area contributed by atoms with Gasteiger partial charge in [0.05, 0.1) is 6.10 Å². The van der Waals surface area contributed by atoms with Gasteiger partial charge in [0.25, 0.3) is 0 Å². The molecule has 45 heavy (non-hydrogen) atoms. The maximum absolute atomic E-state index is 11.5. The van der Waals surface area contributed by atoms with Crippen molar-refractivity contribution in [2.45, 2.75) is 199 Å². The Morgan fingerprint density at radius 2 is 0.933 bits per heavy atom. The number of hydrogen-bond donors (Lipinski definition) is 1. The summed E-state index contributed by atoms with van der Waals surface area (Å²) in [7, 11) is 2.16. The zero-order chi connectivity index (χ0) is 32.5. The van der Waals surface area contributed by atoms with Crippen molar-refractivity contribution in [3.8, 4) is 0 Å². The molecule has 1 heterocycles. The molecule has 262 valence electrons. The molecule has 0 aromatic rings. The smallest absolute Gasteiger partial charge is 0.165 e. The molecule has 0 aliphatic carbocycles. The van der Waals surface area contributed by atoms with Crippen molar-refractivity contribution in [1.29, 1.82) is 0 Å². The molecule has 0 spiro atoms. The lowest BCUT2D eigenvalue weighted by molar-refractivity contribution is -0.235. The van der Waals surface area contributed by atoms with E-state index in [1.54, 1.807) is 0 Å². The molecule has 1 aliphatic rings. The number of unbranched alkanes of at least 4 members (excludes halogenated alkanes) is 18. The second-order valence-electron chi connectivity index (χ2n) is 13.9. The van der Waals surface area contributed by atoms with Gasteiger partial charge in [-0.3, -0.25) is 0 Å². The highest BCUT2D eigenvalue weighted by Crippen LogP contribution is 2.28. The first-order chi connectivity index (χ1) is 22.1. The van der Waals surface area contributed by atoms with Crippen LogP contribution in [0.25, 0.3) is 0 Å². The standard InChI is InChI=1S/C42H77NO2/c1-4-6-8-10-12-14-16-18-20-22-24-26-28-30-32-34-37-42(44,45-41-36-39-43(3)40-41)38-35-33-31-29-27-25-23-21-19-17-15-13-11-9-7-5-2/h12-15,18-21,41,44H,4-11,16-17,22-40H2,1-3H3. The molecule has 1 fully saturated rings. The molecule has 1 N–H and O–H groups in total. The van der Waals surface area contributed by atoms with Crippen LogP contribution < -0.4 is 0 Å². The minimum absolute atomic E-state index is 0.189. The third-order valence-electron chi connectivity index (χ3n) is 9.27. The van der Waals surface area contributed by atoms with Crippen LogP contribution in [-0.4, -0.2) is 42.0 Å². The van der Waals surface area contributed by atoms with E-state index in [2.05, 4.69) is 74.4 Å². The van der Waals surface area contributed by atoms with Gasteiger partial charge in [0, 0.05) is 25.9 Å². The third kappa shape index (κ3) is 27.6. The van der Waals surface area contributed by atoms with E-state index in [-0.39, 0.29) is 6.10 Å². The molecule has 0 saturated carbocycles. The first-order valence-electron chi connectivity index (χ1n) is 19.8. The molecule has 1 unspecified atom stereocenters. The quantitative estimate of drug-likeness (QED) is 0.0457.